The third-order valence-corrected chi connectivity index (χ3v) is 4.97. The van der Waals surface area contributed by atoms with Gasteiger partial charge in [0.05, 0.1) is 10.6 Å². The fourth-order valence-electron chi connectivity index (χ4n) is 2.00. The van der Waals surface area contributed by atoms with Crippen molar-refractivity contribution in [2.45, 2.75) is 11.3 Å². The van der Waals surface area contributed by atoms with E-state index >= 15 is 0 Å². The van der Waals surface area contributed by atoms with Crippen LogP contribution in [0.15, 0.2) is 23.1 Å². The molecule has 18 heavy (non-hydrogen) atoms. The van der Waals surface area contributed by atoms with E-state index in [1.165, 1.54) is 10.4 Å². The first-order valence-electron chi connectivity index (χ1n) is 5.61. The molecular weight excluding hydrogens is 259 g/mol. The van der Waals surface area contributed by atoms with Crippen LogP contribution >= 0.6 is 0 Å². The van der Waals surface area contributed by atoms with Crippen molar-refractivity contribution in [2.24, 2.45) is 5.92 Å². The summed E-state index contributed by atoms with van der Waals surface area (Å²) in [6.07, 6.45) is 0.631. The average Bonchev–Trinajstić information content (AvgIpc) is 2.81. The first kappa shape index (κ1) is 13.3. The Hall–Kier alpha value is -1.18. The third kappa shape index (κ3) is 2.33. The van der Waals surface area contributed by atoms with E-state index in [2.05, 4.69) is 0 Å². The van der Waals surface area contributed by atoms with Crippen LogP contribution in [0.1, 0.15) is 6.42 Å². The molecule has 1 atom stereocenters. The quantitative estimate of drug-likeness (QED) is 0.782. The maximum atomic E-state index is 13.0. The highest BCUT2D eigenvalue weighted by molar-refractivity contribution is 7.89. The Bertz CT molecular complexity index is 547. The Morgan fingerprint density at radius 3 is 2.78 bits per heavy atom. The van der Waals surface area contributed by atoms with E-state index in [1.807, 2.05) is 0 Å². The molecule has 2 rings (SSSR count). The number of nitrogen functional groups attached to an aromatic ring is 1. The van der Waals surface area contributed by atoms with Gasteiger partial charge in [0.25, 0.3) is 0 Å². The largest absolute Gasteiger partial charge is 0.396 e. The molecular formula is C11H15FN2O3S. The molecule has 1 aromatic carbocycles. The van der Waals surface area contributed by atoms with Gasteiger partial charge in [0.1, 0.15) is 5.82 Å². The lowest BCUT2D eigenvalue weighted by Gasteiger charge is -2.16. The fraction of sp³-hybridized carbons (Fsp3) is 0.455. The highest BCUT2D eigenvalue weighted by Crippen LogP contribution is 2.25. The number of halogens is 1. The van der Waals surface area contributed by atoms with Crippen molar-refractivity contribution in [3.8, 4) is 0 Å². The minimum Gasteiger partial charge on any atom is -0.396 e. The van der Waals surface area contributed by atoms with Gasteiger partial charge < -0.3 is 10.8 Å². The number of hydrogen-bond donors (Lipinski definition) is 2. The van der Waals surface area contributed by atoms with Crippen LogP contribution in [0.2, 0.25) is 0 Å². The molecule has 1 aliphatic rings. The topological polar surface area (TPSA) is 83.6 Å². The maximum absolute atomic E-state index is 13.0. The van der Waals surface area contributed by atoms with Crippen LogP contribution in [0, 0.1) is 11.7 Å². The number of nitrogens with two attached hydrogens (primary N) is 1. The van der Waals surface area contributed by atoms with Crippen LogP contribution in [0.3, 0.4) is 0 Å². The molecule has 1 fully saturated rings. The molecule has 1 aromatic rings. The number of aliphatic hydroxyl groups excluding tert-OH is 1. The third-order valence-electron chi connectivity index (χ3n) is 3.11. The second-order valence-corrected chi connectivity index (χ2v) is 6.32. The predicted molar refractivity (Wildman–Crippen MR) is 64.8 cm³/mol. The Morgan fingerprint density at radius 1 is 1.50 bits per heavy atom. The van der Waals surface area contributed by atoms with Gasteiger partial charge in [-0.3, -0.25) is 0 Å². The van der Waals surface area contributed by atoms with E-state index in [0.29, 0.717) is 13.0 Å². The van der Waals surface area contributed by atoms with Crippen LogP contribution in [0.25, 0.3) is 0 Å². The fourth-order valence-corrected chi connectivity index (χ4v) is 3.56. The van der Waals surface area contributed by atoms with Gasteiger partial charge in [-0.25, -0.2) is 12.8 Å². The summed E-state index contributed by atoms with van der Waals surface area (Å²) in [5.74, 6) is -0.666. The molecule has 0 amide bonds. The van der Waals surface area contributed by atoms with Crippen molar-refractivity contribution in [2.75, 3.05) is 25.4 Å². The molecule has 0 radical (unpaired) electrons. The number of sulfonamides is 1. The second-order valence-electron chi connectivity index (χ2n) is 4.38. The first-order chi connectivity index (χ1) is 8.45. The van der Waals surface area contributed by atoms with Crippen molar-refractivity contribution in [3.63, 3.8) is 0 Å². The summed E-state index contributed by atoms with van der Waals surface area (Å²) < 4.78 is 38.8. The molecule has 0 aliphatic carbocycles. The van der Waals surface area contributed by atoms with Gasteiger partial charge in [-0.15, -0.1) is 0 Å². The number of anilines is 1. The van der Waals surface area contributed by atoms with E-state index in [-0.39, 0.29) is 29.7 Å². The molecule has 0 saturated carbocycles. The predicted octanol–water partition coefficient (Wildman–Crippen LogP) is 0.411. The van der Waals surface area contributed by atoms with Gasteiger partial charge in [0.15, 0.2) is 0 Å². The maximum Gasteiger partial charge on any atom is 0.243 e. The number of rotatable bonds is 3. The lowest BCUT2D eigenvalue weighted by atomic mass is 10.1. The molecule has 0 bridgehead atoms. The zero-order valence-electron chi connectivity index (χ0n) is 9.71. The van der Waals surface area contributed by atoms with E-state index in [0.717, 1.165) is 12.1 Å². The first-order valence-corrected chi connectivity index (χ1v) is 7.05. The Balaban J connectivity index is 2.28. The molecule has 100 valence electrons. The van der Waals surface area contributed by atoms with Crippen molar-refractivity contribution < 1.29 is 17.9 Å². The van der Waals surface area contributed by atoms with Crippen molar-refractivity contribution in [1.29, 1.82) is 0 Å². The molecule has 1 unspecified atom stereocenters. The monoisotopic (exact) mass is 274 g/mol. The van der Waals surface area contributed by atoms with E-state index in [4.69, 9.17) is 10.8 Å². The SMILES string of the molecule is Nc1cc(S(=O)(=O)N2CCC(CO)C2)ccc1F. The molecule has 1 heterocycles. The zero-order chi connectivity index (χ0) is 13.3. The van der Waals surface area contributed by atoms with E-state index in [9.17, 15) is 12.8 Å². The highest BCUT2D eigenvalue weighted by Gasteiger charge is 2.32. The minimum atomic E-state index is -3.65. The van der Waals surface area contributed by atoms with E-state index in [1.54, 1.807) is 0 Å². The van der Waals surface area contributed by atoms with Crippen molar-refractivity contribution in [3.05, 3.63) is 24.0 Å². The molecule has 1 saturated heterocycles. The van der Waals surface area contributed by atoms with Crippen LogP contribution in [0.5, 0.6) is 0 Å². The van der Waals surface area contributed by atoms with Crippen LogP contribution in [-0.4, -0.2) is 37.5 Å². The van der Waals surface area contributed by atoms with Crippen LogP contribution in [-0.2, 0) is 10.0 Å². The van der Waals surface area contributed by atoms with Gasteiger partial charge in [-0.05, 0) is 30.5 Å². The normalized spacial score (nSPS) is 21.3. The summed E-state index contributed by atoms with van der Waals surface area (Å²) in [6.45, 7) is 0.624. The summed E-state index contributed by atoms with van der Waals surface area (Å²) in [7, 11) is -3.65. The lowest BCUT2D eigenvalue weighted by molar-refractivity contribution is 0.233. The average molecular weight is 274 g/mol. The smallest absolute Gasteiger partial charge is 0.243 e. The molecule has 3 N–H and O–H groups in total. The van der Waals surface area contributed by atoms with Crippen LogP contribution in [0.4, 0.5) is 10.1 Å². The molecule has 0 spiro atoms. The summed E-state index contributed by atoms with van der Waals surface area (Å²) in [5, 5.41) is 9.01. The number of aliphatic hydroxyl groups is 1. The van der Waals surface area contributed by atoms with Crippen LogP contribution < -0.4 is 5.73 Å². The molecule has 7 heteroatoms. The van der Waals surface area contributed by atoms with Gasteiger partial charge in [-0.2, -0.15) is 4.31 Å². The van der Waals surface area contributed by atoms with Gasteiger partial charge in [0.2, 0.25) is 10.0 Å². The van der Waals surface area contributed by atoms with Gasteiger partial charge in [0, 0.05) is 19.7 Å². The molecule has 1 aliphatic heterocycles. The standard InChI is InChI=1S/C11H15FN2O3S/c12-10-2-1-9(5-11(10)13)18(16,17)14-4-3-8(6-14)7-15/h1-2,5,8,15H,3-4,6-7,13H2. The second kappa shape index (κ2) is 4.83. The lowest BCUT2D eigenvalue weighted by Crippen LogP contribution is -2.29. The number of benzene rings is 1. The Labute approximate surface area is 105 Å². The molecule has 5 nitrogen and oxygen atoms in total. The summed E-state index contributed by atoms with van der Waals surface area (Å²) in [6, 6.07) is 3.37. The number of nitrogens with zero attached hydrogens (tertiary/aromatic N) is 1. The van der Waals surface area contributed by atoms with Gasteiger partial charge in [-0.1, -0.05) is 0 Å². The molecule has 0 aromatic heterocycles. The Kier molecular flexibility index (Phi) is 3.56. The minimum absolute atomic E-state index is 0.0139. The van der Waals surface area contributed by atoms with Crippen molar-refractivity contribution in [1.82, 2.24) is 4.31 Å². The van der Waals surface area contributed by atoms with Gasteiger partial charge >= 0.3 is 0 Å². The summed E-state index contributed by atoms with van der Waals surface area (Å²) in [4.78, 5) is -0.0139. The highest BCUT2D eigenvalue weighted by atomic mass is 32.2. The van der Waals surface area contributed by atoms with Crippen molar-refractivity contribution >= 4 is 15.7 Å². The summed E-state index contributed by atoms with van der Waals surface area (Å²) in [5.41, 5.74) is 5.19. The summed E-state index contributed by atoms with van der Waals surface area (Å²) >= 11 is 0. The number of hydrogen-bond acceptors (Lipinski definition) is 4. The Morgan fingerprint density at radius 2 is 2.22 bits per heavy atom. The van der Waals surface area contributed by atoms with E-state index < -0.39 is 15.8 Å². The zero-order valence-corrected chi connectivity index (χ0v) is 10.5.